The number of anilines is 1. The summed E-state index contributed by atoms with van der Waals surface area (Å²) in [6, 6.07) is 2.22. The number of fused-ring (bicyclic) bond motifs is 1. The fourth-order valence-electron chi connectivity index (χ4n) is 2.04. The Labute approximate surface area is 122 Å². The number of ether oxygens (including phenoxy) is 1. The first-order valence-corrected chi connectivity index (χ1v) is 7.48. The van der Waals surface area contributed by atoms with Crippen LogP contribution in [0.25, 0.3) is 10.2 Å². The van der Waals surface area contributed by atoms with Crippen molar-refractivity contribution >= 4 is 33.3 Å². The molecule has 2 rings (SSSR count). The lowest BCUT2D eigenvalue weighted by atomic mass is 10.2. The normalized spacial score (nSPS) is 11.1. The molecule has 0 unspecified atom stereocenters. The van der Waals surface area contributed by atoms with Crippen LogP contribution in [0.15, 0.2) is 12.4 Å². The maximum atomic E-state index is 11.8. The van der Waals surface area contributed by atoms with Crippen LogP contribution in [0.5, 0.6) is 0 Å². The highest BCUT2D eigenvalue weighted by atomic mass is 32.1. The lowest BCUT2D eigenvalue weighted by molar-refractivity contribution is -0.141. The minimum Gasteiger partial charge on any atom is -0.465 e. The van der Waals surface area contributed by atoms with E-state index in [9.17, 15) is 4.79 Å². The summed E-state index contributed by atoms with van der Waals surface area (Å²) in [5, 5.41) is 0.994. The Morgan fingerprint density at radius 1 is 1.45 bits per heavy atom. The molecule has 20 heavy (non-hydrogen) atoms. The molecule has 5 nitrogen and oxygen atoms in total. The van der Waals surface area contributed by atoms with Crippen molar-refractivity contribution in [3.05, 3.63) is 17.3 Å². The monoisotopic (exact) mass is 293 g/mol. The summed E-state index contributed by atoms with van der Waals surface area (Å²) >= 11 is 1.63. The standard InChI is InChI=1S/C14H19N3O2S/c1-5-19-12(18)7-17(9(2)3)13-11-6-10(4)20-14(11)16-8-15-13/h6,8-9H,5,7H2,1-4H3. The summed E-state index contributed by atoms with van der Waals surface area (Å²) in [7, 11) is 0. The van der Waals surface area contributed by atoms with Crippen LogP contribution in [-0.4, -0.2) is 35.1 Å². The number of hydrogen-bond acceptors (Lipinski definition) is 6. The zero-order valence-corrected chi connectivity index (χ0v) is 13.0. The lowest BCUT2D eigenvalue weighted by Crippen LogP contribution is -2.37. The quantitative estimate of drug-likeness (QED) is 0.793. The van der Waals surface area contributed by atoms with Crippen molar-refractivity contribution < 1.29 is 9.53 Å². The van der Waals surface area contributed by atoms with E-state index in [2.05, 4.69) is 16.0 Å². The second-order valence-electron chi connectivity index (χ2n) is 4.80. The highest BCUT2D eigenvalue weighted by Gasteiger charge is 2.20. The minimum absolute atomic E-state index is 0.151. The van der Waals surface area contributed by atoms with E-state index in [1.54, 1.807) is 17.7 Å². The highest BCUT2D eigenvalue weighted by Crippen LogP contribution is 2.30. The molecule has 0 saturated heterocycles. The van der Waals surface area contributed by atoms with Gasteiger partial charge in [-0.3, -0.25) is 4.79 Å². The van der Waals surface area contributed by atoms with Crippen molar-refractivity contribution in [3.63, 3.8) is 0 Å². The Morgan fingerprint density at radius 3 is 2.85 bits per heavy atom. The zero-order valence-electron chi connectivity index (χ0n) is 12.2. The first-order chi connectivity index (χ1) is 9.52. The van der Waals surface area contributed by atoms with E-state index in [0.717, 1.165) is 16.0 Å². The van der Waals surface area contributed by atoms with Crippen LogP contribution in [0.2, 0.25) is 0 Å². The van der Waals surface area contributed by atoms with Crippen LogP contribution in [0, 0.1) is 6.92 Å². The summed E-state index contributed by atoms with van der Waals surface area (Å²) in [6.45, 7) is 8.51. The maximum absolute atomic E-state index is 11.8. The van der Waals surface area contributed by atoms with E-state index in [-0.39, 0.29) is 18.6 Å². The number of carbonyl (C=O) groups excluding carboxylic acids is 1. The first-order valence-electron chi connectivity index (χ1n) is 6.66. The molecule has 0 atom stereocenters. The van der Waals surface area contributed by atoms with Gasteiger partial charge in [0.2, 0.25) is 0 Å². The van der Waals surface area contributed by atoms with E-state index < -0.39 is 0 Å². The van der Waals surface area contributed by atoms with Crippen LogP contribution in [0.1, 0.15) is 25.6 Å². The van der Waals surface area contributed by atoms with Gasteiger partial charge >= 0.3 is 5.97 Å². The summed E-state index contributed by atoms with van der Waals surface area (Å²) < 4.78 is 5.04. The molecule has 2 heterocycles. The number of esters is 1. The molecule has 0 aromatic carbocycles. The number of rotatable bonds is 5. The van der Waals surface area contributed by atoms with Gasteiger partial charge < -0.3 is 9.64 Å². The largest absolute Gasteiger partial charge is 0.465 e. The van der Waals surface area contributed by atoms with E-state index in [0.29, 0.717) is 6.61 Å². The third-order valence-electron chi connectivity index (χ3n) is 2.93. The van der Waals surface area contributed by atoms with Crippen molar-refractivity contribution in [2.24, 2.45) is 0 Å². The van der Waals surface area contributed by atoms with E-state index >= 15 is 0 Å². The van der Waals surface area contributed by atoms with Crippen LogP contribution in [-0.2, 0) is 9.53 Å². The van der Waals surface area contributed by atoms with Crippen molar-refractivity contribution in [1.29, 1.82) is 0 Å². The van der Waals surface area contributed by atoms with Crippen molar-refractivity contribution in [2.75, 3.05) is 18.1 Å². The van der Waals surface area contributed by atoms with Crippen LogP contribution in [0.4, 0.5) is 5.82 Å². The molecule has 0 aliphatic rings. The Kier molecular flexibility index (Phi) is 4.54. The number of nitrogens with zero attached hydrogens (tertiary/aromatic N) is 3. The first kappa shape index (κ1) is 14.7. The molecular weight excluding hydrogens is 274 g/mol. The fourth-order valence-corrected chi connectivity index (χ4v) is 2.88. The maximum Gasteiger partial charge on any atom is 0.325 e. The molecule has 0 fully saturated rings. The minimum atomic E-state index is -0.236. The van der Waals surface area contributed by atoms with Crippen molar-refractivity contribution in [1.82, 2.24) is 9.97 Å². The van der Waals surface area contributed by atoms with Gasteiger partial charge in [-0.2, -0.15) is 0 Å². The predicted octanol–water partition coefficient (Wildman–Crippen LogP) is 2.78. The average Bonchev–Trinajstić information content (AvgIpc) is 2.76. The summed E-state index contributed by atoms with van der Waals surface area (Å²) in [6.07, 6.45) is 1.55. The van der Waals surface area contributed by atoms with Crippen molar-refractivity contribution in [2.45, 2.75) is 33.7 Å². The molecule has 0 bridgehead atoms. The molecule has 108 valence electrons. The third-order valence-corrected chi connectivity index (χ3v) is 3.89. The Hall–Kier alpha value is -1.69. The number of carbonyl (C=O) groups is 1. The summed E-state index contributed by atoms with van der Waals surface area (Å²) in [5.74, 6) is 0.558. The van der Waals surface area contributed by atoms with E-state index in [4.69, 9.17) is 4.74 Å². The molecule has 0 aliphatic heterocycles. The Morgan fingerprint density at radius 2 is 2.20 bits per heavy atom. The zero-order chi connectivity index (χ0) is 14.7. The van der Waals surface area contributed by atoms with Gasteiger partial charge in [-0.05, 0) is 33.8 Å². The number of aryl methyl sites for hydroxylation is 1. The molecule has 2 aromatic heterocycles. The molecule has 0 aliphatic carbocycles. The smallest absolute Gasteiger partial charge is 0.325 e. The topological polar surface area (TPSA) is 55.3 Å². The van der Waals surface area contributed by atoms with Gasteiger partial charge in [0.25, 0.3) is 0 Å². The van der Waals surface area contributed by atoms with Gasteiger partial charge in [-0.15, -0.1) is 11.3 Å². The summed E-state index contributed by atoms with van der Waals surface area (Å²) in [4.78, 5) is 24.5. The van der Waals surface area contributed by atoms with E-state index in [1.165, 1.54) is 4.88 Å². The SMILES string of the molecule is CCOC(=O)CN(c1ncnc2sc(C)cc12)C(C)C. The molecule has 0 amide bonds. The Bertz CT molecular complexity index is 609. The molecule has 0 saturated carbocycles. The van der Waals surface area contributed by atoms with Gasteiger partial charge in [0, 0.05) is 10.9 Å². The van der Waals surface area contributed by atoms with Gasteiger partial charge in [-0.1, -0.05) is 0 Å². The van der Waals surface area contributed by atoms with Gasteiger partial charge in [-0.25, -0.2) is 9.97 Å². The molecule has 0 spiro atoms. The van der Waals surface area contributed by atoms with Crippen LogP contribution in [0.3, 0.4) is 0 Å². The molecule has 0 radical (unpaired) electrons. The van der Waals surface area contributed by atoms with Crippen molar-refractivity contribution in [3.8, 4) is 0 Å². The fraction of sp³-hybridized carbons (Fsp3) is 0.500. The number of aromatic nitrogens is 2. The lowest BCUT2D eigenvalue weighted by Gasteiger charge is -2.27. The number of thiophene rings is 1. The number of hydrogen-bond donors (Lipinski definition) is 0. The van der Waals surface area contributed by atoms with Crippen LogP contribution < -0.4 is 4.90 Å². The molecule has 2 aromatic rings. The van der Waals surface area contributed by atoms with Gasteiger partial charge in [0.05, 0.1) is 12.0 Å². The second-order valence-corrected chi connectivity index (χ2v) is 6.03. The Balaban J connectivity index is 2.38. The molecule has 0 N–H and O–H groups in total. The highest BCUT2D eigenvalue weighted by molar-refractivity contribution is 7.18. The molecular formula is C14H19N3O2S. The average molecular weight is 293 g/mol. The second kappa shape index (κ2) is 6.17. The predicted molar refractivity (Wildman–Crippen MR) is 81.3 cm³/mol. The molecule has 6 heteroatoms. The van der Waals surface area contributed by atoms with E-state index in [1.807, 2.05) is 32.6 Å². The van der Waals surface area contributed by atoms with Crippen LogP contribution >= 0.6 is 11.3 Å². The van der Waals surface area contributed by atoms with Gasteiger partial charge in [0.1, 0.15) is 23.5 Å². The summed E-state index contributed by atoms with van der Waals surface area (Å²) in [5.41, 5.74) is 0. The third kappa shape index (κ3) is 3.07. The van der Waals surface area contributed by atoms with Gasteiger partial charge in [0.15, 0.2) is 0 Å².